The van der Waals surface area contributed by atoms with E-state index in [0.29, 0.717) is 18.2 Å². The van der Waals surface area contributed by atoms with E-state index >= 15 is 0 Å². The first-order chi connectivity index (χ1) is 12.8. The molecule has 144 valence electrons. The minimum atomic E-state index is -0.0670. The van der Waals surface area contributed by atoms with Gasteiger partial charge in [-0.05, 0) is 68.5 Å². The highest BCUT2D eigenvalue weighted by molar-refractivity contribution is 9.10. The zero-order chi connectivity index (χ0) is 19.6. The Morgan fingerprint density at radius 3 is 2.63 bits per heavy atom. The first-order valence-corrected chi connectivity index (χ1v) is 10.3. The number of anilines is 1. The number of halogens is 1. The van der Waals surface area contributed by atoms with Gasteiger partial charge in [-0.2, -0.15) is 0 Å². The van der Waals surface area contributed by atoms with Crippen molar-refractivity contribution >= 4 is 27.5 Å². The van der Waals surface area contributed by atoms with Crippen molar-refractivity contribution in [2.75, 3.05) is 11.9 Å². The second-order valence-electron chi connectivity index (χ2n) is 7.53. The molecule has 1 aromatic carbocycles. The molecule has 0 saturated heterocycles. The lowest BCUT2D eigenvalue weighted by molar-refractivity contribution is 0.0956. The van der Waals surface area contributed by atoms with Crippen LogP contribution in [0.4, 0.5) is 5.69 Å². The maximum Gasteiger partial charge on any atom is 0.251 e. The minimum absolute atomic E-state index is 0.0670. The minimum Gasteiger partial charge on any atom is -0.382 e. The third-order valence-corrected chi connectivity index (χ3v) is 5.84. The van der Waals surface area contributed by atoms with Crippen molar-refractivity contribution in [1.82, 2.24) is 10.6 Å². The molecule has 27 heavy (non-hydrogen) atoms. The van der Waals surface area contributed by atoms with Crippen molar-refractivity contribution in [2.45, 2.75) is 52.5 Å². The highest BCUT2D eigenvalue weighted by Gasteiger charge is 2.19. The summed E-state index contributed by atoms with van der Waals surface area (Å²) in [5.74, 6) is -0.0670. The van der Waals surface area contributed by atoms with Gasteiger partial charge < -0.3 is 16.0 Å². The van der Waals surface area contributed by atoms with Gasteiger partial charge >= 0.3 is 0 Å². The first kappa shape index (κ1) is 19.7. The standard InChI is InChI=1S/C22H28BrN3O/c1-13-9-14(2)25-16(4)20(13)12-24-22(27)19-10-17(23)11-21(15(19)3)26-18-7-5-6-8-18/h9-11,18,25-26H,4-8,12H2,1-3H3,(H,24,27). The average Bonchev–Trinajstić information content (AvgIpc) is 3.09. The molecule has 1 saturated carbocycles. The number of carbonyl (C=O) groups excluding carboxylic acids is 1. The molecule has 0 bridgehead atoms. The molecule has 5 heteroatoms. The zero-order valence-electron chi connectivity index (χ0n) is 16.3. The van der Waals surface area contributed by atoms with E-state index in [2.05, 4.69) is 50.6 Å². The molecular formula is C22H28BrN3O. The van der Waals surface area contributed by atoms with Crippen LogP contribution in [0.3, 0.4) is 0 Å². The third-order valence-electron chi connectivity index (χ3n) is 5.38. The number of rotatable bonds is 5. The predicted octanol–water partition coefficient (Wildman–Crippen LogP) is 5.18. The van der Waals surface area contributed by atoms with Crippen LogP contribution >= 0.6 is 15.9 Å². The maximum absolute atomic E-state index is 12.9. The number of hydrogen-bond donors (Lipinski definition) is 3. The van der Waals surface area contributed by atoms with Gasteiger partial charge in [0, 0.05) is 39.7 Å². The summed E-state index contributed by atoms with van der Waals surface area (Å²) in [5.41, 5.74) is 6.81. The monoisotopic (exact) mass is 429 g/mol. The van der Waals surface area contributed by atoms with E-state index in [0.717, 1.165) is 38.3 Å². The van der Waals surface area contributed by atoms with Gasteiger partial charge in [-0.15, -0.1) is 0 Å². The zero-order valence-corrected chi connectivity index (χ0v) is 17.9. The Morgan fingerprint density at radius 1 is 1.26 bits per heavy atom. The van der Waals surface area contributed by atoms with E-state index in [9.17, 15) is 4.79 Å². The molecule has 1 aromatic rings. The number of allylic oxidation sites excluding steroid dienone is 3. The lowest BCUT2D eigenvalue weighted by atomic mass is 10.0. The highest BCUT2D eigenvalue weighted by atomic mass is 79.9. The Labute approximate surface area is 170 Å². The molecule has 3 rings (SSSR count). The molecule has 3 N–H and O–H groups in total. The van der Waals surface area contributed by atoms with Crippen LogP contribution in [-0.2, 0) is 0 Å². The molecule has 1 amide bonds. The van der Waals surface area contributed by atoms with Gasteiger partial charge in [0.2, 0.25) is 0 Å². The van der Waals surface area contributed by atoms with Gasteiger partial charge in [0.15, 0.2) is 0 Å². The summed E-state index contributed by atoms with van der Waals surface area (Å²) >= 11 is 3.56. The molecule has 1 fully saturated rings. The second-order valence-corrected chi connectivity index (χ2v) is 8.44. The Kier molecular flexibility index (Phi) is 6.10. The number of hydrogen-bond acceptors (Lipinski definition) is 3. The second kappa shape index (κ2) is 8.34. The number of benzene rings is 1. The van der Waals surface area contributed by atoms with Crippen LogP contribution in [0.15, 0.2) is 51.8 Å². The van der Waals surface area contributed by atoms with Gasteiger partial charge in [-0.25, -0.2) is 0 Å². The molecular weight excluding hydrogens is 402 g/mol. The van der Waals surface area contributed by atoms with Crippen molar-refractivity contribution in [3.05, 3.63) is 62.9 Å². The Bertz CT molecular complexity index is 832. The molecule has 0 unspecified atom stereocenters. The number of amides is 1. The number of nitrogens with one attached hydrogen (secondary N) is 3. The van der Waals surface area contributed by atoms with Crippen molar-refractivity contribution in [3.63, 3.8) is 0 Å². The molecule has 1 heterocycles. The van der Waals surface area contributed by atoms with Crippen molar-refractivity contribution < 1.29 is 4.79 Å². The van der Waals surface area contributed by atoms with Crippen LogP contribution in [0.25, 0.3) is 0 Å². The van der Waals surface area contributed by atoms with Crippen LogP contribution in [0, 0.1) is 6.92 Å². The smallest absolute Gasteiger partial charge is 0.251 e. The van der Waals surface area contributed by atoms with E-state index in [1.165, 1.54) is 25.7 Å². The maximum atomic E-state index is 12.9. The molecule has 0 radical (unpaired) electrons. The van der Waals surface area contributed by atoms with Gasteiger partial charge in [0.1, 0.15) is 0 Å². The normalized spacial score (nSPS) is 17.6. The Hall–Kier alpha value is -2.01. The summed E-state index contributed by atoms with van der Waals surface area (Å²) in [6.45, 7) is 10.6. The lowest BCUT2D eigenvalue weighted by Crippen LogP contribution is -2.30. The van der Waals surface area contributed by atoms with E-state index in [4.69, 9.17) is 0 Å². The fraction of sp³-hybridized carbons (Fsp3) is 0.409. The summed E-state index contributed by atoms with van der Waals surface area (Å²) < 4.78 is 0.913. The van der Waals surface area contributed by atoms with Crippen LogP contribution < -0.4 is 16.0 Å². The van der Waals surface area contributed by atoms with E-state index in [1.54, 1.807) is 0 Å². The third kappa shape index (κ3) is 4.64. The molecule has 0 atom stereocenters. The first-order valence-electron chi connectivity index (χ1n) is 9.54. The van der Waals surface area contributed by atoms with Crippen LogP contribution in [0.1, 0.15) is 55.5 Å². The summed E-state index contributed by atoms with van der Waals surface area (Å²) in [6.07, 6.45) is 7.02. The van der Waals surface area contributed by atoms with Crippen LogP contribution in [0.5, 0.6) is 0 Å². The Balaban J connectivity index is 1.75. The topological polar surface area (TPSA) is 53.2 Å². The molecule has 0 aromatic heterocycles. The molecule has 1 aliphatic carbocycles. The van der Waals surface area contributed by atoms with Crippen LogP contribution in [-0.4, -0.2) is 18.5 Å². The van der Waals surface area contributed by atoms with Crippen molar-refractivity contribution in [2.24, 2.45) is 0 Å². The number of carbonyl (C=O) groups is 1. The predicted molar refractivity (Wildman–Crippen MR) is 116 cm³/mol. The Morgan fingerprint density at radius 2 is 1.96 bits per heavy atom. The van der Waals surface area contributed by atoms with E-state index in [-0.39, 0.29) is 5.91 Å². The SMILES string of the molecule is C=C1NC(C)=CC(C)=C1CNC(=O)c1cc(Br)cc(NC2CCCC2)c1C. The molecule has 0 spiro atoms. The van der Waals surface area contributed by atoms with Crippen LogP contribution in [0.2, 0.25) is 0 Å². The summed E-state index contributed by atoms with van der Waals surface area (Å²) in [6, 6.07) is 4.47. The molecule has 1 aliphatic heterocycles. The van der Waals surface area contributed by atoms with Gasteiger partial charge in [0.25, 0.3) is 5.91 Å². The number of dihydropyridines is 1. The summed E-state index contributed by atoms with van der Waals surface area (Å²) in [4.78, 5) is 12.9. The highest BCUT2D eigenvalue weighted by Crippen LogP contribution is 2.29. The van der Waals surface area contributed by atoms with Crippen molar-refractivity contribution in [3.8, 4) is 0 Å². The average molecular weight is 430 g/mol. The largest absolute Gasteiger partial charge is 0.382 e. The van der Waals surface area contributed by atoms with E-state index < -0.39 is 0 Å². The molecule has 2 aliphatic rings. The van der Waals surface area contributed by atoms with Gasteiger partial charge in [0.05, 0.1) is 0 Å². The quantitative estimate of drug-likeness (QED) is 0.604. The fourth-order valence-corrected chi connectivity index (χ4v) is 4.32. The van der Waals surface area contributed by atoms with Gasteiger partial charge in [-0.1, -0.05) is 35.4 Å². The van der Waals surface area contributed by atoms with E-state index in [1.807, 2.05) is 26.8 Å². The van der Waals surface area contributed by atoms with Crippen molar-refractivity contribution in [1.29, 1.82) is 0 Å². The lowest BCUT2D eigenvalue weighted by Gasteiger charge is -2.22. The fourth-order valence-electron chi connectivity index (χ4n) is 3.86. The molecule has 4 nitrogen and oxygen atoms in total. The summed E-state index contributed by atoms with van der Waals surface area (Å²) in [5, 5.41) is 9.91. The van der Waals surface area contributed by atoms with Gasteiger partial charge in [-0.3, -0.25) is 4.79 Å². The summed E-state index contributed by atoms with van der Waals surface area (Å²) in [7, 11) is 0.